The third-order valence-corrected chi connectivity index (χ3v) is 6.98. The number of amides is 2. The normalized spacial score (nSPS) is 19.5. The van der Waals surface area contributed by atoms with Gasteiger partial charge >= 0.3 is 0 Å². The van der Waals surface area contributed by atoms with Gasteiger partial charge in [-0.15, -0.1) is 0 Å². The summed E-state index contributed by atoms with van der Waals surface area (Å²) in [6.07, 6.45) is 2.23. The lowest BCUT2D eigenvalue weighted by Crippen LogP contribution is -2.24. The number of furan rings is 1. The number of carbonyl (C=O) groups excluding carboxylic acids is 2. The first-order valence-corrected chi connectivity index (χ1v) is 12.1. The van der Waals surface area contributed by atoms with E-state index in [1.807, 2.05) is 67.6 Å². The summed E-state index contributed by atoms with van der Waals surface area (Å²) >= 11 is 1.26. The Morgan fingerprint density at radius 2 is 1.94 bits per heavy atom. The summed E-state index contributed by atoms with van der Waals surface area (Å²) in [6.45, 7) is 1.98. The summed E-state index contributed by atoms with van der Waals surface area (Å²) in [4.78, 5) is 29.5. The average Bonchev–Trinajstić information content (AvgIpc) is 3.61. The maximum absolute atomic E-state index is 12.7. The van der Waals surface area contributed by atoms with Crippen molar-refractivity contribution >= 4 is 40.1 Å². The van der Waals surface area contributed by atoms with E-state index in [1.165, 1.54) is 11.8 Å². The molecule has 35 heavy (non-hydrogen) atoms. The number of hydrogen-bond donors (Lipinski definition) is 1. The summed E-state index contributed by atoms with van der Waals surface area (Å²) in [5.74, 6) is 0.923. The number of nitrogens with one attached hydrogen (secondary N) is 1. The topological polar surface area (TPSA) is 96.5 Å². The van der Waals surface area contributed by atoms with Gasteiger partial charge in [-0.1, -0.05) is 29.5 Å². The first-order valence-electron chi connectivity index (χ1n) is 11.2. The quantitative estimate of drug-likeness (QED) is 0.537. The van der Waals surface area contributed by atoms with Crippen molar-refractivity contribution in [3.05, 3.63) is 83.8 Å². The zero-order valence-electron chi connectivity index (χ0n) is 19.3. The van der Waals surface area contributed by atoms with Crippen molar-refractivity contribution < 1.29 is 18.7 Å². The molecule has 2 aliphatic heterocycles. The molecular weight excluding hydrogens is 464 g/mol. The van der Waals surface area contributed by atoms with Crippen LogP contribution in [0.3, 0.4) is 0 Å². The Labute approximate surface area is 207 Å². The molecule has 2 atom stereocenters. The number of hydrazone groups is 1. The first kappa shape index (κ1) is 22.9. The van der Waals surface area contributed by atoms with Crippen LogP contribution in [0.2, 0.25) is 0 Å². The SMILES string of the molecule is COc1ccc(C2=NN(C3=NC(=O)[C@H](CC(=O)Nc4ccc(C)cc4)S3)[C@@H](c3ccco3)C2)cc1. The minimum Gasteiger partial charge on any atom is -0.497 e. The van der Waals surface area contributed by atoms with Crippen LogP contribution in [-0.2, 0) is 9.59 Å². The molecule has 0 unspecified atom stereocenters. The maximum atomic E-state index is 12.7. The molecule has 1 aromatic heterocycles. The second kappa shape index (κ2) is 9.79. The number of nitrogens with zero attached hydrogens (tertiary/aromatic N) is 3. The largest absolute Gasteiger partial charge is 0.497 e. The van der Waals surface area contributed by atoms with Crippen molar-refractivity contribution in [1.82, 2.24) is 5.01 Å². The molecule has 2 aromatic carbocycles. The fraction of sp³-hybridized carbons (Fsp3) is 0.231. The number of aliphatic imine (C=N–C) groups is 1. The molecule has 0 saturated heterocycles. The minimum absolute atomic E-state index is 0.0265. The molecule has 2 aliphatic rings. The van der Waals surface area contributed by atoms with Gasteiger partial charge in [-0.2, -0.15) is 10.1 Å². The van der Waals surface area contributed by atoms with Crippen molar-refractivity contribution in [2.45, 2.75) is 31.1 Å². The van der Waals surface area contributed by atoms with E-state index in [4.69, 9.17) is 14.3 Å². The van der Waals surface area contributed by atoms with Crippen LogP contribution >= 0.6 is 11.8 Å². The molecule has 0 aliphatic carbocycles. The van der Waals surface area contributed by atoms with E-state index in [0.29, 0.717) is 17.3 Å². The van der Waals surface area contributed by atoms with Gasteiger partial charge in [0.25, 0.3) is 5.91 Å². The first-order chi connectivity index (χ1) is 17.0. The summed E-state index contributed by atoms with van der Waals surface area (Å²) in [7, 11) is 1.63. The lowest BCUT2D eigenvalue weighted by Gasteiger charge is -2.20. The highest BCUT2D eigenvalue weighted by atomic mass is 32.2. The highest BCUT2D eigenvalue weighted by Gasteiger charge is 2.40. The number of rotatable bonds is 6. The molecule has 8 nitrogen and oxygen atoms in total. The van der Waals surface area contributed by atoms with Crippen molar-refractivity contribution in [2.24, 2.45) is 10.1 Å². The highest BCUT2D eigenvalue weighted by Crippen LogP contribution is 2.38. The van der Waals surface area contributed by atoms with Gasteiger partial charge in [0.2, 0.25) is 5.91 Å². The lowest BCUT2D eigenvalue weighted by atomic mass is 10.0. The number of aryl methyl sites for hydroxylation is 1. The van der Waals surface area contributed by atoms with Crippen molar-refractivity contribution in [2.75, 3.05) is 12.4 Å². The molecule has 178 valence electrons. The van der Waals surface area contributed by atoms with Gasteiger partial charge in [-0.3, -0.25) is 9.59 Å². The minimum atomic E-state index is -0.604. The standard InChI is InChI=1S/C26H24N4O4S/c1-16-5-9-18(10-6-16)27-24(31)15-23-25(32)28-26(35-23)30-21(22-4-3-13-34-22)14-20(29-30)17-7-11-19(33-2)12-8-17/h3-13,21,23H,14-15H2,1-2H3,(H,27,31)/t21-,23+/m1/s1. The van der Waals surface area contributed by atoms with Crippen molar-refractivity contribution in [1.29, 1.82) is 0 Å². The van der Waals surface area contributed by atoms with Gasteiger partial charge in [-0.25, -0.2) is 5.01 Å². The van der Waals surface area contributed by atoms with Crippen LogP contribution in [0.15, 0.2) is 81.4 Å². The zero-order valence-corrected chi connectivity index (χ0v) is 20.1. The predicted octanol–water partition coefficient (Wildman–Crippen LogP) is 4.77. The molecule has 5 rings (SSSR count). The Balaban J connectivity index is 1.32. The van der Waals surface area contributed by atoms with Gasteiger partial charge in [0.15, 0.2) is 5.17 Å². The Hall–Kier alpha value is -3.85. The number of methoxy groups -OCH3 is 1. The smallest absolute Gasteiger partial charge is 0.262 e. The Morgan fingerprint density at radius 1 is 1.17 bits per heavy atom. The Bertz CT molecular complexity index is 1280. The van der Waals surface area contributed by atoms with Crippen LogP contribution in [-0.4, -0.2) is 40.1 Å². The molecule has 0 saturated carbocycles. The Kier molecular flexibility index (Phi) is 6.41. The van der Waals surface area contributed by atoms with Gasteiger partial charge in [0.05, 0.1) is 19.1 Å². The summed E-state index contributed by atoms with van der Waals surface area (Å²) in [5.41, 5.74) is 3.61. The number of benzene rings is 2. The molecule has 0 fully saturated rings. The van der Waals surface area contributed by atoms with Crippen LogP contribution in [0.25, 0.3) is 0 Å². The molecule has 9 heteroatoms. The van der Waals surface area contributed by atoms with E-state index in [9.17, 15) is 9.59 Å². The maximum Gasteiger partial charge on any atom is 0.262 e. The third kappa shape index (κ3) is 5.00. The number of ether oxygens (including phenoxy) is 1. The molecular formula is C26H24N4O4S. The number of thioether (sulfide) groups is 1. The van der Waals surface area contributed by atoms with E-state index in [0.717, 1.165) is 28.3 Å². The molecule has 0 radical (unpaired) electrons. The number of carbonyl (C=O) groups is 2. The fourth-order valence-electron chi connectivity index (χ4n) is 3.97. The van der Waals surface area contributed by atoms with Crippen LogP contribution in [0.5, 0.6) is 5.75 Å². The molecule has 0 spiro atoms. The Morgan fingerprint density at radius 3 is 2.63 bits per heavy atom. The fourth-order valence-corrected chi connectivity index (χ4v) is 5.03. The third-order valence-electron chi connectivity index (χ3n) is 5.84. The van der Waals surface area contributed by atoms with E-state index < -0.39 is 5.25 Å². The molecule has 3 heterocycles. The molecule has 0 bridgehead atoms. The monoisotopic (exact) mass is 488 g/mol. The van der Waals surface area contributed by atoms with Crippen molar-refractivity contribution in [3.8, 4) is 5.75 Å². The van der Waals surface area contributed by atoms with Gasteiger partial charge in [0, 0.05) is 18.5 Å². The van der Waals surface area contributed by atoms with E-state index >= 15 is 0 Å². The number of anilines is 1. The van der Waals surface area contributed by atoms with Crippen LogP contribution in [0.4, 0.5) is 5.69 Å². The summed E-state index contributed by atoms with van der Waals surface area (Å²) < 4.78 is 10.9. The van der Waals surface area contributed by atoms with Gasteiger partial charge in [0.1, 0.15) is 22.8 Å². The van der Waals surface area contributed by atoms with Crippen LogP contribution in [0.1, 0.15) is 35.8 Å². The second-order valence-electron chi connectivity index (χ2n) is 8.31. The van der Waals surface area contributed by atoms with E-state index in [2.05, 4.69) is 10.3 Å². The van der Waals surface area contributed by atoms with Gasteiger partial charge < -0.3 is 14.5 Å². The number of hydrogen-bond acceptors (Lipinski definition) is 7. The highest BCUT2D eigenvalue weighted by molar-refractivity contribution is 8.15. The lowest BCUT2D eigenvalue weighted by molar-refractivity contribution is -0.121. The van der Waals surface area contributed by atoms with Gasteiger partial charge in [-0.05, 0) is 61.0 Å². The van der Waals surface area contributed by atoms with E-state index in [-0.39, 0.29) is 24.3 Å². The van der Waals surface area contributed by atoms with Crippen LogP contribution < -0.4 is 10.1 Å². The molecule has 2 amide bonds. The zero-order chi connectivity index (χ0) is 24.4. The average molecular weight is 489 g/mol. The summed E-state index contributed by atoms with van der Waals surface area (Å²) in [5, 5.41) is 9.25. The molecule has 1 N–H and O–H groups in total. The van der Waals surface area contributed by atoms with Crippen molar-refractivity contribution in [3.63, 3.8) is 0 Å². The summed E-state index contributed by atoms with van der Waals surface area (Å²) in [6, 6.07) is 18.7. The van der Waals surface area contributed by atoms with Crippen LogP contribution in [0, 0.1) is 6.92 Å². The second-order valence-corrected chi connectivity index (χ2v) is 9.48. The molecule has 3 aromatic rings. The predicted molar refractivity (Wildman–Crippen MR) is 136 cm³/mol. The van der Waals surface area contributed by atoms with E-state index in [1.54, 1.807) is 18.4 Å². The number of amidine groups is 1.